The Bertz CT molecular complexity index is 709. The molecule has 2 rings (SSSR count). The van der Waals surface area contributed by atoms with E-state index < -0.39 is 10.9 Å². The number of nitrogens with one attached hydrogen (secondary N) is 1. The van der Waals surface area contributed by atoms with Gasteiger partial charge in [-0.1, -0.05) is 26.0 Å². The normalized spacial score (nSPS) is 10.5. The Morgan fingerprint density at radius 2 is 1.82 bits per heavy atom. The molecule has 0 unspecified atom stereocenters. The zero-order valence-electron chi connectivity index (χ0n) is 12.2. The number of nitro groups is 1. The number of aromatic carboxylic acids is 1. The molecule has 0 fully saturated rings. The molecular formula is C16H16N2O4. The summed E-state index contributed by atoms with van der Waals surface area (Å²) in [6, 6.07) is 11.3. The summed E-state index contributed by atoms with van der Waals surface area (Å²) in [5, 5.41) is 22.9. The summed E-state index contributed by atoms with van der Waals surface area (Å²) in [7, 11) is 0. The number of hydrogen-bond donors (Lipinski definition) is 2. The molecule has 2 aromatic carbocycles. The van der Waals surface area contributed by atoms with Gasteiger partial charge in [0.2, 0.25) is 0 Å². The predicted octanol–water partition coefficient (Wildman–Crippen LogP) is 4.16. The molecule has 0 aromatic heterocycles. The minimum absolute atomic E-state index is 0.137. The van der Waals surface area contributed by atoms with Crippen LogP contribution in [0.15, 0.2) is 42.5 Å². The third-order valence-electron chi connectivity index (χ3n) is 3.30. The molecule has 2 N–H and O–H groups in total. The van der Waals surface area contributed by atoms with Crippen LogP contribution in [0.3, 0.4) is 0 Å². The van der Waals surface area contributed by atoms with Crippen molar-refractivity contribution in [1.29, 1.82) is 0 Å². The minimum Gasteiger partial charge on any atom is -0.478 e. The summed E-state index contributed by atoms with van der Waals surface area (Å²) in [6.07, 6.45) is 0. The largest absolute Gasteiger partial charge is 0.478 e. The third kappa shape index (κ3) is 3.41. The van der Waals surface area contributed by atoms with Gasteiger partial charge in [-0.05, 0) is 29.7 Å². The van der Waals surface area contributed by atoms with Gasteiger partial charge in [0.05, 0.1) is 16.2 Å². The second kappa shape index (κ2) is 6.26. The molecular weight excluding hydrogens is 284 g/mol. The molecule has 0 aliphatic rings. The number of carboxylic acid groups (broad SMARTS) is 1. The lowest BCUT2D eigenvalue weighted by atomic mass is 10.0. The molecule has 0 amide bonds. The maximum Gasteiger partial charge on any atom is 0.338 e. The van der Waals surface area contributed by atoms with Gasteiger partial charge in [-0.2, -0.15) is 0 Å². The Balaban J connectivity index is 2.32. The number of nitrogens with zero attached hydrogens (tertiary/aromatic N) is 1. The van der Waals surface area contributed by atoms with E-state index in [-0.39, 0.29) is 11.3 Å². The second-order valence-electron chi connectivity index (χ2n) is 5.19. The van der Waals surface area contributed by atoms with Crippen molar-refractivity contribution in [3.8, 4) is 0 Å². The van der Waals surface area contributed by atoms with E-state index in [4.69, 9.17) is 0 Å². The van der Waals surface area contributed by atoms with Gasteiger partial charge in [0.15, 0.2) is 0 Å². The molecule has 0 saturated carbocycles. The van der Waals surface area contributed by atoms with Crippen LogP contribution in [0.5, 0.6) is 0 Å². The standard InChI is InChI=1S/C16H16N2O4/c1-10(2)11-3-5-12(6-4-11)17-15-8-7-13(18(21)22)9-14(15)16(19)20/h3-10,17H,1-2H3,(H,19,20). The fourth-order valence-electron chi connectivity index (χ4n) is 2.04. The van der Waals surface area contributed by atoms with Crippen molar-refractivity contribution in [3.05, 3.63) is 63.7 Å². The zero-order valence-corrected chi connectivity index (χ0v) is 12.2. The van der Waals surface area contributed by atoms with Crippen LogP contribution in [-0.4, -0.2) is 16.0 Å². The van der Waals surface area contributed by atoms with Gasteiger partial charge < -0.3 is 10.4 Å². The first-order chi connectivity index (χ1) is 10.4. The maximum atomic E-state index is 11.3. The molecule has 2 aromatic rings. The number of rotatable bonds is 5. The average molecular weight is 300 g/mol. The van der Waals surface area contributed by atoms with Crippen LogP contribution < -0.4 is 5.32 Å². The summed E-state index contributed by atoms with van der Waals surface area (Å²) < 4.78 is 0. The van der Waals surface area contributed by atoms with Crippen LogP contribution >= 0.6 is 0 Å². The van der Waals surface area contributed by atoms with Crippen LogP contribution in [-0.2, 0) is 0 Å². The van der Waals surface area contributed by atoms with Crippen LogP contribution in [0.2, 0.25) is 0 Å². The second-order valence-corrected chi connectivity index (χ2v) is 5.19. The van der Waals surface area contributed by atoms with Crippen LogP contribution in [0.4, 0.5) is 17.1 Å². The van der Waals surface area contributed by atoms with Crippen molar-refractivity contribution in [3.63, 3.8) is 0 Å². The molecule has 0 heterocycles. The lowest BCUT2D eigenvalue weighted by molar-refractivity contribution is -0.384. The molecule has 0 aliphatic carbocycles. The molecule has 6 nitrogen and oxygen atoms in total. The van der Waals surface area contributed by atoms with E-state index in [1.807, 2.05) is 24.3 Å². The number of non-ortho nitro benzene ring substituents is 1. The van der Waals surface area contributed by atoms with Gasteiger partial charge in [0, 0.05) is 17.8 Å². The smallest absolute Gasteiger partial charge is 0.338 e. The van der Waals surface area contributed by atoms with Gasteiger partial charge in [-0.25, -0.2) is 4.79 Å². The summed E-state index contributed by atoms with van der Waals surface area (Å²) >= 11 is 0. The van der Waals surface area contributed by atoms with Crippen molar-refractivity contribution < 1.29 is 14.8 Å². The highest BCUT2D eigenvalue weighted by Gasteiger charge is 2.16. The Morgan fingerprint density at radius 3 is 2.32 bits per heavy atom. The summed E-state index contributed by atoms with van der Waals surface area (Å²) in [5.41, 5.74) is 1.82. The van der Waals surface area contributed by atoms with E-state index in [2.05, 4.69) is 19.2 Å². The van der Waals surface area contributed by atoms with Gasteiger partial charge in [0.25, 0.3) is 5.69 Å². The van der Waals surface area contributed by atoms with E-state index in [1.54, 1.807) is 0 Å². The molecule has 0 spiro atoms. The number of nitro benzene ring substituents is 1. The Hall–Kier alpha value is -2.89. The van der Waals surface area contributed by atoms with Crippen molar-refractivity contribution in [2.75, 3.05) is 5.32 Å². The molecule has 0 aliphatic heterocycles. The summed E-state index contributed by atoms with van der Waals surface area (Å²) in [6.45, 7) is 4.17. The van der Waals surface area contributed by atoms with Gasteiger partial charge in [-0.3, -0.25) is 10.1 Å². The number of hydrogen-bond acceptors (Lipinski definition) is 4. The fraction of sp³-hybridized carbons (Fsp3) is 0.188. The first kappa shape index (κ1) is 15.5. The topological polar surface area (TPSA) is 92.5 Å². The lowest BCUT2D eigenvalue weighted by Crippen LogP contribution is -2.04. The number of carbonyl (C=O) groups is 1. The Kier molecular flexibility index (Phi) is 4.41. The first-order valence-electron chi connectivity index (χ1n) is 6.77. The number of anilines is 2. The number of benzene rings is 2. The van der Waals surface area contributed by atoms with E-state index >= 15 is 0 Å². The summed E-state index contributed by atoms with van der Waals surface area (Å²) in [5.74, 6) is -0.812. The van der Waals surface area contributed by atoms with Crippen molar-refractivity contribution in [2.24, 2.45) is 0 Å². The average Bonchev–Trinajstić information content (AvgIpc) is 2.47. The predicted molar refractivity (Wildman–Crippen MR) is 83.9 cm³/mol. The molecule has 6 heteroatoms. The van der Waals surface area contributed by atoms with Crippen molar-refractivity contribution >= 4 is 23.0 Å². The molecule has 0 saturated heterocycles. The lowest BCUT2D eigenvalue weighted by Gasteiger charge is -2.11. The van der Waals surface area contributed by atoms with Crippen LogP contribution in [0, 0.1) is 10.1 Å². The molecule has 114 valence electrons. The van der Waals surface area contributed by atoms with E-state index in [1.165, 1.54) is 17.7 Å². The van der Waals surface area contributed by atoms with Crippen molar-refractivity contribution in [1.82, 2.24) is 0 Å². The molecule has 0 bridgehead atoms. The fourth-order valence-corrected chi connectivity index (χ4v) is 2.04. The summed E-state index contributed by atoms with van der Waals surface area (Å²) in [4.78, 5) is 21.4. The SMILES string of the molecule is CC(C)c1ccc(Nc2ccc([N+](=O)[O-])cc2C(=O)O)cc1. The van der Waals surface area contributed by atoms with Crippen LogP contribution in [0.1, 0.15) is 35.7 Å². The molecule has 0 radical (unpaired) electrons. The molecule has 22 heavy (non-hydrogen) atoms. The Labute approximate surface area is 127 Å². The highest BCUT2D eigenvalue weighted by atomic mass is 16.6. The van der Waals surface area contributed by atoms with Gasteiger partial charge in [-0.15, -0.1) is 0 Å². The van der Waals surface area contributed by atoms with E-state index in [0.717, 1.165) is 11.8 Å². The van der Waals surface area contributed by atoms with Gasteiger partial charge in [0.1, 0.15) is 0 Å². The third-order valence-corrected chi connectivity index (χ3v) is 3.30. The maximum absolute atomic E-state index is 11.3. The van der Waals surface area contributed by atoms with E-state index in [0.29, 0.717) is 11.6 Å². The molecule has 0 atom stereocenters. The minimum atomic E-state index is -1.22. The highest BCUT2D eigenvalue weighted by Crippen LogP contribution is 2.26. The quantitative estimate of drug-likeness (QED) is 0.639. The van der Waals surface area contributed by atoms with Crippen LogP contribution in [0.25, 0.3) is 0 Å². The van der Waals surface area contributed by atoms with E-state index in [9.17, 15) is 20.0 Å². The Morgan fingerprint density at radius 1 is 1.18 bits per heavy atom. The van der Waals surface area contributed by atoms with Gasteiger partial charge >= 0.3 is 5.97 Å². The monoisotopic (exact) mass is 300 g/mol. The van der Waals surface area contributed by atoms with Crippen molar-refractivity contribution in [2.45, 2.75) is 19.8 Å². The number of carboxylic acids is 1. The highest BCUT2D eigenvalue weighted by molar-refractivity contribution is 5.96. The first-order valence-corrected chi connectivity index (χ1v) is 6.77. The zero-order chi connectivity index (χ0) is 16.3.